The summed E-state index contributed by atoms with van der Waals surface area (Å²) in [5.74, 6) is 0. The molecule has 4 nitrogen and oxygen atoms in total. The molecule has 0 radical (unpaired) electrons. The molecular weight excluding hydrogens is 202 g/mol. The van der Waals surface area contributed by atoms with Crippen LogP contribution in [0.3, 0.4) is 0 Å². The quantitative estimate of drug-likeness (QED) is 0.741. The number of nitriles is 1. The first-order valence-electron chi connectivity index (χ1n) is 5.44. The van der Waals surface area contributed by atoms with Crippen molar-refractivity contribution in [2.45, 2.75) is 18.9 Å². The summed E-state index contributed by atoms with van der Waals surface area (Å²) >= 11 is 0. The summed E-state index contributed by atoms with van der Waals surface area (Å²) in [5.41, 5.74) is 7.84. The second-order valence-corrected chi connectivity index (χ2v) is 4.00. The Hall–Kier alpha value is -1.73. The zero-order valence-electron chi connectivity index (χ0n) is 9.06. The smallest absolute Gasteiger partial charge is 0.101 e. The molecule has 0 aromatic heterocycles. The van der Waals surface area contributed by atoms with Gasteiger partial charge in [-0.15, -0.1) is 0 Å². The lowest BCUT2D eigenvalue weighted by atomic mass is 10.1. The van der Waals surface area contributed by atoms with Crippen LogP contribution in [0.15, 0.2) is 18.2 Å². The summed E-state index contributed by atoms with van der Waals surface area (Å²) in [6, 6.07) is 8.00. The number of rotatable bonds is 4. The van der Waals surface area contributed by atoms with E-state index in [1.165, 1.54) is 0 Å². The number of benzene rings is 1. The Kier molecular flexibility index (Phi) is 2.97. The van der Waals surface area contributed by atoms with Crippen molar-refractivity contribution >= 4 is 11.4 Å². The number of para-hydroxylation sites is 1. The fraction of sp³-hybridized carbons (Fsp3) is 0.417. The lowest BCUT2D eigenvalue weighted by Crippen LogP contribution is -2.29. The van der Waals surface area contributed by atoms with Gasteiger partial charge in [-0.05, 0) is 25.0 Å². The summed E-state index contributed by atoms with van der Waals surface area (Å²) in [4.78, 5) is 2.09. The van der Waals surface area contributed by atoms with Crippen molar-refractivity contribution < 1.29 is 5.11 Å². The van der Waals surface area contributed by atoms with E-state index in [1.807, 2.05) is 12.1 Å². The topological polar surface area (TPSA) is 73.3 Å². The van der Waals surface area contributed by atoms with Crippen molar-refractivity contribution in [2.75, 3.05) is 23.8 Å². The van der Waals surface area contributed by atoms with E-state index >= 15 is 0 Å². The molecule has 0 unspecified atom stereocenters. The molecule has 0 bridgehead atoms. The summed E-state index contributed by atoms with van der Waals surface area (Å²) in [5, 5.41) is 18.0. The molecular formula is C12H15N3O. The molecule has 0 spiro atoms. The summed E-state index contributed by atoms with van der Waals surface area (Å²) in [6.45, 7) is 0.677. The Balaban J connectivity index is 2.33. The Labute approximate surface area is 94.9 Å². The van der Waals surface area contributed by atoms with Gasteiger partial charge in [0.2, 0.25) is 0 Å². The van der Waals surface area contributed by atoms with Crippen LogP contribution in [0, 0.1) is 11.3 Å². The van der Waals surface area contributed by atoms with E-state index in [1.54, 1.807) is 6.07 Å². The fourth-order valence-corrected chi connectivity index (χ4v) is 1.89. The van der Waals surface area contributed by atoms with Crippen LogP contribution in [0.2, 0.25) is 0 Å². The number of hydrogen-bond acceptors (Lipinski definition) is 4. The van der Waals surface area contributed by atoms with Crippen molar-refractivity contribution in [3.63, 3.8) is 0 Å². The molecule has 1 saturated carbocycles. The average Bonchev–Trinajstić information content (AvgIpc) is 3.11. The van der Waals surface area contributed by atoms with Crippen LogP contribution in [-0.4, -0.2) is 24.3 Å². The molecule has 0 amide bonds. The number of nitrogen functional groups attached to an aromatic ring is 1. The lowest BCUT2D eigenvalue weighted by Gasteiger charge is -2.25. The van der Waals surface area contributed by atoms with E-state index in [9.17, 15) is 0 Å². The second kappa shape index (κ2) is 4.42. The molecule has 84 valence electrons. The van der Waals surface area contributed by atoms with E-state index in [0.29, 0.717) is 23.8 Å². The van der Waals surface area contributed by atoms with E-state index < -0.39 is 0 Å². The molecule has 1 aromatic rings. The van der Waals surface area contributed by atoms with Gasteiger partial charge in [0.25, 0.3) is 0 Å². The molecule has 1 aliphatic carbocycles. The number of aliphatic hydroxyl groups excluding tert-OH is 1. The molecule has 0 atom stereocenters. The van der Waals surface area contributed by atoms with Gasteiger partial charge in [-0.25, -0.2) is 0 Å². The molecule has 0 aliphatic heterocycles. The van der Waals surface area contributed by atoms with E-state index in [0.717, 1.165) is 18.5 Å². The van der Waals surface area contributed by atoms with Crippen molar-refractivity contribution in [3.8, 4) is 6.07 Å². The van der Waals surface area contributed by atoms with Crippen LogP contribution in [-0.2, 0) is 0 Å². The number of nitrogens with zero attached hydrogens (tertiary/aromatic N) is 2. The maximum Gasteiger partial charge on any atom is 0.101 e. The van der Waals surface area contributed by atoms with Gasteiger partial charge in [0.05, 0.1) is 23.5 Å². The van der Waals surface area contributed by atoms with E-state index in [-0.39, 0.29) is 6.61 Å². The number of anilines is 2. The van der Waals surface area contributed by atoms with Crippen molar-refractivity contribution in [1.29, 1.82) is 5.26 Å². The summed E-state index contributed by atoms with van der Waals surface area (Å²) in [7, 11) is 0. The molecule has 0 saturated heterocycles. The Morgan fingerprint density at radius 3 is 2.81 bits per heavy atom. The Morgan fingerprint density at radius 2 is 2.25 bits per heavy atom. The standard InChI is InChI=1S/C12H15N3O/c13-8-9-2-1-3-11(12(9)14)15(6-7-16)10-4-5-10/h1-3,10,16H,4-7,14H2. The SMILES string of the molecule is N#Cc1cccc(N(CCO)C2CC2)c1N. The molecule has 1 aliphatic rings. The maximum atomic E-state index is 9.04. The van der Waals surface area contributed by atoms with Gasteiger partial charge in [-0.3, -0.25) is 0 Å². The molecule has 3 N–H and O–H groups in total. The monoisotopic (exact) mass is 217 g/mol. The van der Waals surface area contributed by atoms with Gasteiger partial charge in [0, 0.05) is 12.6 Å². The van der Waals surface area contributed by atoms with Crippen LogP contribution in [0.4, 0.5) is 11.4 Å². The highest BCUT2D eigenvalue weighted by Gasteiger charge is 2.30. The number of aliphatic hydroxyl groups is 1. The Bertz CT molecular complexity index is 421. The predicted molar refractivity (Wildman–Crippen MR) is 63.0 cm³/mol. The maximum absolute atomic E-state index is 9.04. The lowest BCUT2D eigenvalue weighted by molar-refractivity contribution is 0.301. The Morgan fingerprint density at radius 1 is 1.50 bits per heavy atom. The van der Waals surface area contributed by atoms with Crippen LogP contribution >= 0.6 is 0 Å². The normalized spacial score (nSPS) is 14.5. The second-order valence-electron chi connectivity index (χ2n) is 4.00. The number of nitrogens with two attached hydrogens (primary N) is 1. The molecule has 4 heteroatoms. The number of hydrogen-bond donors (Lipinski definition) is 2. The van der Waals surface area contributed by atoms with Gasteiger partial charge < -0.3 is 15.7 Å². The highest BCUT2D eigenvalue weighted by molar-refractivity contribution is 5.74. The molecule has 1 fully saturated rings. The van der Waals surface area contributed by atoms with Crippen LogP contribution in [0.1, 0.15) is 18.4 Å². The highest BCUT2D eigenvalue weighted by atomic mass is 16.3. The third-order valence-corrected chi connectivity index (χ3v) is 2.84. The minimum atomic E-state index is 0.104. The molecule has 1 aromatic carbocycles. The third-order valence-electron chi connectivity index (χ3n) is 2.84. The molecule has 0 heterocycles. The third kappa shape index (κ3) is 1.95. The van der Waals surface area contributed by atoms with E-state index in [2.05, 4.69) is 11.0 Å². The fourth-order valence-electron chi connectivity index (χ4n) is 1.89. The van der Waals surface area contributed by atoms with Crippen molar-refractivity contribution in [3.05, 3.63) is 23.8 Å². The van der Waals surface area contributed by atoms with Crippen LogP contribution in [0.5, 0.6) is 0 Å². The van der Waals surface area contributed by atoms with Gasteiger partial charge in [0.15, 0.2) is 0 Å². The van der Waals surface area contributed by atoms with Crippen molar-refractivity contribution in [2.24, 2.45) is 0 Å². The van der Waals surface area contributed by atoms with E-state index in [4.69, 9.17) is 16.1 Å². The van der Waals surface area contributed by atoms with Gasteiger partial charge in [-0.2, -0.15) is 5.26 Å². The van der Waals surface area contributed by atoms with Crippen LogP contribution in [0.25, 0.3) is 0 Å². The van der Waals surface area contributed by atoms with Crippen molar-refractivity contribution in [1.82, 2.24) is 0 Å². The first kappa shape index (κ1) is 10.8. The first-order chi connectivity index (χ1) is 7.77. The van der Waals surface area contributed by atoms with Crippen LogP contribution < -0.4 is 10.6 Å². The first-order valence-corrected chi connectivity index (χ1v) is 5.44. The van der Waals surface area contributed by atoms with Gasteiger partial charge in [-0.1, -0.05) is 6.07 Å². The minimum absolute atomic E-state index is 0.104. The predicted octanol–water partition coefficient (Wildman–Crippen LogP) is 1.10. The average molecular weight is 217 g/mol. The van der Waals surface area contributed by atoms with Gasteiger partial charge in [0.1, 0.15) is 6.07 Å². The van der Waals surface area contributed by atoms with Gasteiger partial charge >= 0.3 is 0 Å². The summed E-state index contributed by atoms with van der Waals surface area (Å²) < 4.78 is 0. The highest BCUT2D eigenvalue weighted by Crippen LogP contribution is 2.35. The molecule has 16 heavy (non-hydrogen) atoms. The zero-order valence-corrected chi connectivity index (χ0v) is 9.06. The molecule has 2 rings (SSSR count). The summed E-state index contributed by atoms with van der Waals surface area (Å²) in [6.07, 6.45) is 2.27. The largest absolute Gasteiger partial charge is 0.396 e. The zero-order chi connectivity index (χ0) is 11.5. The minimum Gasteiger partial charge on any atom is -0.396 e.